The van der Waals surface area contributed by atoms with E-state index in [2.05, 4.69) is 23.7 Å². The Bertz CT molecular complexity index is 1070. The molecule has 0 aliphatic heterocycles. The molecule has 0 saturated carbocycles. The number of rotatable bonds is 6. The summed E-state index contributed by atoms with van der Waals surface area (Å²) in [5.41, 5.74) is 3.15. The number of hydrogen-bond acceptors (Lipinski definition) is 3. The Labute approximate surface area is 159 Å². The van der Waals surface area contributed by atoms with Gasteiger partial charge in [-0.2, -0.15) is 0 Å². The molecule has 0 aliphatic rings. The molecule has 144 valence electrons. The van der Waals surface area contributed by atoms with Crippen molar-refractivity contribution >= 4 is 26.6 Å². The molecule has 1 N–H and O–H groups in total. The van der Waals surface area contributed by atoms with Crippen LogP contribution in [0.15, 0.2) is 47.4 Å². The average Bonchev–Trinajstić information content (AvgIpc) is 3.05. The predicted molar refractivity (Wildman–Crippen MR) is 108 cm³/mol. The largest absolute Gasteiger partial charge is 0.372 e. The zero-order valence-corrected chi connectivity index (χ0v) is 16.8. The van der Waals surface area contributed by atoms with Gasteiger partial charge in [-0.05, 0) is 56.3 Å². The maximum atomic E-state index is 13.6. The lowest BCUT2D eigenvalue weighted by Gasteiger charge is -2.25. The summed E-state index contributed by atoms with van der Waals surface area (Å²) in [6, 6.07) is 11.6. The number of anilines is 1. The molecule has 1 aromatic heterocycles. The van der Waals surface area contributed by atoms with Crippen LogP contribution in [0.25, 0.3) is 22.2 Å². The quantitative estimate of drug-likeness (QED) is 0.691. The highest BCUT2D eigenvalue weighted by Crippen LogP contribution is 2.35. The molecule has 1 heterocycles. The molecule has 0 unspecified atom stereocenters. The smallest absolute Gasteiger partial charge is 0.242 e. The van der Waals surface area contributed by atoms with E-state index in [1.165, 1.54) is 30.5 Å². The Morgan fingerprint density at radius 1 is 1.00 bits per heavy atom. The van der Waals surface area contributed by atoms with Crippen LogP contribution in [0.4, 0.5) is 10.1 Å². The van der Waals surface area contributed by atoms with E-state index in [1.807, 2.05) is 12.1 Å². The Morgan fingerprint density at radius 3 is 2.33 bits per heavy atom. The highest BCUT2D eigenvalue weighted by atomic mass is 32.2. The average molecular weight is 389 g/mol. The van der Waals surface area contributed by atoms with Crippen molar-refractivity contribution in [3.63, 3.8) is 0 Å². The van der Waals surface area contributed by atoms with Crippen molar-refractivity contribution < 1.29 is 12.8 Å². The van der Waals surface area contributed by atoms with E-state index in [9.17, 15) is 12.8 Å². The maximum Gasteiger partial charge on any atom is 0.242 e. The minimum Gasteiger partial charge on any atom is -0.372 e. The topological polar surface area (TPSA) is 56.4 Å². The molecule has 27 heavy (non-hydrogen) atoms. The minimum atomic E-state index is -3.56. The molecule has 2 aromatic carbocycles. The highest BCUT2D eigenvalue weighted by molar-refractivity contribution is 7.89. The summed E-state index contributed by atoms with van der Waals surface area (Å²) in [7, 11) is -0.533. The number of sulfonamides is 1. The highest BCUT2D eigenvalue weighted by Gasteiger charge is 2.21. The van der Waals surface area contributed by atoms with Gasteiger partial charge in [0.25, 0.3) is 0 Å². The van der Waals surface area contributed by atoms with Gasteiger partial charge in [0, 0.05) is 55.0 Å². The van der Waals surface area contributed by atoms with Crippen molar-refractivity contribution in [1.29, 1.82) is 0 Å². The van der Waals surface area contributed by atoms with Crippen LogP contribution in [0, 0.1) is 5.82 Å². The fourth-order valence-corrected chi connectivity index (χ4v) is 4.12. The first-order chi connectivity index (χ1) is 12.8. The van der Waals surface area contributed by atoms with Crippen molar-refractivity contribution in [1.82, 2.24) is 9.29 Å². The fraction of sp³-hybridized carbons (Fsp3) is 0.300. The van der Waals surface area contributed by atoms with E-state index in [0.29, 0.717) is 5.52 Å². The molecular formula is C20H24FN3O2S. The van der Waals surface area contributed by atoms with Gasteiger partial charge < -0.3 is 9.88 Å². The second kappa shape index (κ2) is 7.32. The van der Waals surface area contributed by atoms with Crippen LogP contribution in [-0.4, -0.2) is 44.9 Å². The first-order valence-electron chi connectivity index (χ1n) is 8.88. The van der Waals surface area contributed by atoms with E-state index in [0.717, 1.165) is 35.4 Å². The molecule has 3 rings (SSSR count). The first kappa shape index (κ1) is 19.4. The lowest BCUT2D eigenvalue weighted by molar-refractivity contribution is 0.521. The number of nitrogens with one attached hydrogen (secondary N) is 1. The number of H-pyrrole nitrogens is 1. The summed E-state index contributed by atoms with van der Waals surface area (Å²) in [5.74, 6) is -0.316. The van der Waals surface area contributed by atoms with Crippen LogP contribution >= 0.6 is 0 Å². The molecule has 0 atom stereocenters. The number of fused-ring (bicyclic) bond motifs is 1. The summed E-state index contributed by atoms with van der Waals surface area (Å²) in [5, 5.41) is 0.873. The molecule has 0 fully saturated rings. The van der Waals surface area contributed by atoms with E-state index >= 15 is 0 Å². The van der Waals surface area contributed by atoms with Gasteiger partial charge >= 0.3 is 0 Å². The third-order valence-corrected chi connectivity index (χ3v) is 6.54. The predicted octanol–water partition coefficient (Wildman–Crippen LogP) is 4.07. The van der Waals surface area contributed by atoms with Gasteiger partial charge in [-0.3, -0.25) is 0 Å². The number of aromatic nitrogens is 1. The van der Waals surface area contributed by atoms with Gasteiger partial charge in [0.05, 0.1) is 4.90 Å². The zero-order chi connectivity index (χ0) is 19.8. The lowest BCUT2D eigenvalue weighted by Crippen LogP contribution is -2.24. The summed E-state index contributed by atoms with van der Waals surface area (Å²) >= 11 is 0. The monoisotopic (exact) mass is 389 g/mol. The van der Waals surface area contributed by atoms with Crippen molar-refractivity contribution in [2.24, 2.45) is 0 Å². The van der Waals surface area contributed by atoms with E-state index in [1.54, 1.807) is 18.2 Å². The molecule has 5 nitrogen and oxygen atoms in total. The van der Waals surface area contributed by atoms with E-state index in [-0.39, 0.29) is 10.7 Å². The summed E-state index contributed by atoms with van der Waals surface area (Å²) in [6.45, 7) is 5.69. The van der Waals surface area contributed by atoms with Gasteiger partial charge in [-0.25, -0.2) is 17.1 Å². The molecule has 7 heteroatoms. The Morgan fingerprint density at radius 2 is 1.70 bits per heavy atom. The summed E-state index contributed by atoms with van der Waals surface area (Å²) < 4.78 is 40.0. The van der Waals surface area contributed by atoms with Crippen molar-refractivity contribution in [3.8, 4) is 11.3 Å². The third-order valence-electron chi connectivity index (χ3n) is 4.73. The maximum absolute atomic E-state index is 13.6. The Kier molecular flexibility index (Phi) is 5.26. The molecule has 0 radical (unpaired) electrons. The van der Waals surface area contributed by atoms with Gasteiger partial charge in [-0.15, -0.1) is 0 Å². The molecule has 0 saturated heterocycles. The molecular weight excluding hydrogens is 365 g/mol. The van der Waals surface area contributed by atoms with Crippen LogP contribution in [0.5, 0.6) is 0 Å². The van der Waals surface area contributed by atoms with Gasteiger partial charge in [-0.1, -0.05) is 0 Å². The summed E-state index contributed by atoms with van der Waals surface area (Å²) in [6.07, 6.45) is 0. The number of hydrogen-bond donors (Lipinski definition) is 1. The second-order valence-electron chi connectivity index (χ2n) is 6.55. The van der Waals surface area contributed by atoms with E-state index in [4.69, 9.17) is 0 Å². The minimum absolute atomic E-state index is 0.225. The number of nitrogens with zero attached hydrogens (tertiary/aromatic N) is 2. The van der Waals surface area contributed by atoms with Gasteiger partial charge in [0.15, 0.2) is 0 Å². The van der Waals surface area contributed by atoms with Crippen LogP contribution in [0.3, 0.4) is 0 Å². The van der Waals surface area contributed by atoms with Crippen molar-refractivity contribution in [2.75, 3.05) is 32.1 Å². The molecule has 0 bridgehead atoms. The number of halogens is 1. The van der Waals surface area contributed by atoms with Crippen molar-refractivity contribution in [2.45, 2.75) is 18.7 Å². The normalized spacial score (nSPS) is 12.1. The Balaban J connectivity index is 2.25. The van der Waals surface area contributed by atoms with E-state index < -0.39 is 10.0 Å². The number of aromatic amines is 1. The molecule has 3 aromatic rings. The first-order valence-corrected chi connectivity index (χ1v) is 10.3. The zero-order valence-electron chi connectivity index (χ0n) is 16.0. The SMILES string of the molecule is CCN(CC)c1ccc(S(=O)(=O)N(C)C)cc1-c1cc2ccc(F)cc2[nH]1. The summed E-state index contributed by atoms with van der Waals surface area (Å²) in [4.78, 5) is 5.61. The Hall–Kier alpha value is -2.38. The van der Waals surface area contributed by atoms with Crippen LogP contribution in [0.2, 0.25) is 0 Å². The van der Waals surface area contributed by atoms with Crippen LogP contribution in [-0.2, 0) is 10.0 Å². The third kappa shape index (κ3) is 3.57. The number of benzene rings is 2. The van der Waals surface area contributed by atoms with Gasteiger partial charge in [0.2, 0.25) is 10.0 Å². The second-order valence-corrected chi connectivity index (χ2v) is 8.71. The van der Waals surface area contributed by atoms with Crippen LogP contribution < -0.4 is 4.90 Å². The van der Waals surface area contributed by atoms with Gasteiger partial charge in [0.1, 0.15) is 5.82 Å². The lowest BCUT2D eigenvalue weighted by atomic mass is 10.1. The fourth-order valence-electron chi connectivity index (χ4n) is 3.19. The van der Waals surface area contributed by atoms with Crippen LogP contribution in [0.1, 0.15) is 13.8 Å². The standard InChI is InChI=1S/C20H24FN3O2S/c1-5-24(6-2)20-10-9-16(27(25,26)23(3)4)13-17(20)19-11-14-7-8-15(21)12-18(14)22-19/h7-13,22H,5-6H2,1-4H3. The molecule has 0 spiro atoms. The van der Waals surface area contributed by atoms with Crippen molar-refractivity contribution in [3.05, 3.63) is 48.3 Å². The molecule has 0 amide bonds. The molecule has 0 aliphatic carbocycles.